The van der Waals surface area contributed by atoms with Gasteiger partial charge in [0.25, 0.3) is 0 Å². The maximum Gasteiger partial charge on any atom is 0.163 e. The van der Waals surface area contributed by atoms with Crippen LogP contribution in [-0.2, 0) is 6.42 Å². The molecule has 0 fully saturated rings. The molecule has 0 aromatic carbocycles. The van der Waals surface area contributed by atoms with Crippen molar-refractivity contribution in [2.45, 2.75) is 33.1 Å². The Balaban J connectivity index is 3.03. The molecule has 1 N–H and O–H groups in total. The second-order valence-electron chi connectivity index (χ2n) is 3.22. The highest BCUT2D eigenvalue weighted by molar-refractivity contribution is 5.65. The largest absolute Gasteiger partial charge is 0.504 e. The Morgan fingerprint density at radius 2 is 2.14 bits per heavy atom. The summed E-state index contributed by atoms with van der Waals surface area (Å²) in [5, 5.41) is 9.80. The molecule has 1 aromatic heterocycles. The first-order valence-corrected chi connectivity index (χ1v) is 4.91. The van der Waals surface area contributed by atoms with Gasteiger partial charge in [0.2, 0.25) is 0 Å². The predicted molar refractivity (Wildman–Crippen MR) is 57.0 cm³/mol. The molecule has 1 heterocycles. The molecule has 3 nitrogen and oxygen atoms in total. The third-order valence-electron chi connectivity index (χ3n) is 2.12. The molecule has 0 saturated heterocycles. The fourth-order valence-electron chi connectivity index (χ4n) is 1.35. The van der Waals surface area contributed by atoms with E-state index in [0.29, 0.717) is 17.8 Å². The van der Waals surface area contributed by atoms with E-state index in [-0.39, 0.29) is 5.75 Å². The molecule has 0 amide bonds. The summed E-state index contributed by atoms with van der Waals surface area (Å²) in [4.78, 5) is 8.04. The minimum atomic E-state index is 0.188. The highest BCUT2D eigenvalue weighted by Gasteiger charge is 2.10. The number of allylic oxidation sites excluding steroid dienone is 1. The summed E-state index contributed by atoms with van der Waals surface area (Å²) in [6.45, 7) is 7.93. The van der Waals surface area contributed by atoms with Crippen molar-refractivity contribution in [3.63, 3.8) is 0 Å². The van der Waals surface area contributed by atoms with Gasteiger partial charge in [-0.05, 0) is 18.4 Å². The highest BCUT2D eigenvalue weighted by Crippen LogP contribution is 2.26. The van der Waals surface area contributed by atoms with Crippen molar-refractivity contribution in [1.82, 2.24) is 9.97 Å². The van der Waals surface area contributed by atoms with Gasteiger partial charge >= 0.3 is 0 Å². The summed E-state index contributed by atoms with van der Waals surface area (Å²) in [5.41, 5.74) is 2.16. The van der Waals surface area contributed by atoms with Gasteiger partial charge in [0.1, 0.15) is 12.0 Å². The maximum atomic E-state index is 9.80. The van der Waals surface area contributed by atoms with Crippen LogP contribution in [0.2, 0.25) is 0 Å². The Morgan fingerprint density at radius 1 is 1.43 bits per heavy atom. The van der Waals surface area contributed by atoms with Crippen LogP contribution in [0.4, 0.5) is 0 Å². The number of hydrogen-bond donors (Lipinski definition) is 1. The van der Waals surface area contributed by atoms with Gasteiger partial charge in [-0.15, -0.1) is 0 Å². The molecular formula is C11H16N2O. The molecule has 0 atom stereocenters. The number of rotatable bonds is 4. The van der Waals surface area contributed by atoms with Crippen LogP contribution in [0.25, 0.3) is 5.57 Å². The Kier molecular flexibility index (Phi) is 3.63. The normalized spacial score (nSPS) is 10.1. The van der Waals surface area contributed by atoms with Crippen molar-refractivity contribution in [2.24, 2.45) is 0 Å². The topological polar surface area (TPSA) is 46.0 Å². The monoisotopic (exact) mass is 192 g/mol. The molecule has 0 aliphatic carbocycles. The SMILES string of the molecule is C=C(CCC)c1ncnc(CC)c1O. The molecule has 0 spiro atoms. The van der Waals surface area contributed by atoms with Crippen molar-refractivity contribution >= 4 is 5.57 Å². The summed E-state index contributed by atoms with van der Waals surface area (Å²) in [6.07, 6.45) is 4.05. The molecule has 0 saturated carbocycles. The Bertz CT molecular complexity index is 334. The lowest BCUT2D eigenvalue weighted by atomic mass is 10.1. The lowest BCUT2D eigenvalue weighted by molar-refractivity contribution is 0.459. The van der Waals surface area contributed by atoms with Gasteiger partial charge in [-0.25, -0.2) is 9.97 Å². The smallest absolute Gasteiger partial charge is 0.163 e. The number of aromatic nitrogens is 2. The van der Waals surface area contributed by atoms with Gasteiger partial charge in [-0.2, -0.15) is 0 Å². The summed E-state index contributed by atoms with van der Waals surface area (Å²) in [5.74, 6) is 0.188. The molecule has 0 aliphatic heterocycles. The Labute approximate surface area is 84.5 Å². The minimum absolute atomic E-state index is 0.188. The van der Waals surface area contributed by atoms with Crippen LogP contribution in [0.5, 0.6) is 5.75 Å². The standard InChI is InChI=1S/C11H16N2O/c1-4-6-8(3)10-11(14)9(5-2)12-7-13-10/h7,14H,3-6H2,1-2H3. The number of nitrogens with zero attached hydrogens (tertiary/aromatic N) is 2. The summed E-state index contributed by atoms with van der Waals surface area (Å²) in [6, 6.07) is 0. The van der Waals surface area contributed by atoms with Crippen molar-refractivity contribution in [3.05, 3.63) is 24.3 Å². The number of aryl methyl sites for hydroxylation is 1. The Hall–Kier alpha value is -1.38. The molecular weight excluding hydrogens is 176 g/mol. The zero-order chi connectivity index (χ0) is 10.6. The lowest BCUT2D eigenvalue weighted by Crippen LogP contribution is -1.96. The van der Waals surface area contributed by atoms with Crippen molar-refractivity contribution in [3.8, 4) is 5.75 Å². The molecule has 1 rings (SSSR count). The molecule has 76 valence electrons. The fourth-order valence-corrected chi connectivity index (χ4v) is 1.35. The molecule has 0 bridgehead atoms. The highest BCUT2D eigenvalue weighted by atomic mass is 16.3. The number of hydrogen-bond acceptors (Lipinski definition) is 3. The third kappa shape index (κ3) is 2.10. The van der Waals surface area contributed by atoms with Gasteiger partial charge in [0, 0.05) is 0 Å². The molecule has 0 unspecified atom stereocenters. The van der Waals surface area contributed by atoms with Crippen LogP contribution in [0.15, 0.2) is 12.9 Å². The van der Waals surface area contributed by atoms with E-state index in [1.165, 1.54) is 6.33 Å². The lowest BCUT2D eigenvalue weighted by Gasteiger charge is -2.07. The minimum Gasteiger partial charge on any atom is -0.504 e. The summed E-state index contributed by atoms with van der Waals surface area (Å²) >= 11 is 0. The summed E-state index contributed by atoms with van der Waals surface area (Å²) in [7, 11) is 0. The van der Waals surface area contributed by atoms with Crippen molar-refractivity contribution < 1.29 is 5.11 Å². The van der Waals surface area contributed by atoms with Crippen LogP contribution in [0.1, 0.15) is 38.1 Å². The van der Waals surface area contributed by atoms with E-state index >= 15 is 0 Å². The van der Waals surface area contributed by atoms with Crippen LogP contribution in [0, 0.1) is 0 Å². The van der Waals surface area contributed by atoms with E-state index in [1.807, 2.05) is 6.92 Å². The van der Waals surface area contributed by atoms with Crippen molar-refractivity contribution in [2.75, 3.05) is 0 Å². The van der Waals surface area contributed by atoms with Crippen LogP contribution < -0.4 is 0 Å². The first-order chi connectivity index (χ1) is 6.70. The molecule has 3 heteroatoms. The maximum absolute atomic E-state index is 9.80. The van der Waals surface area contributed by atoms with Gasteiger partial charge in [0.15, 0.2) is 5.75 Å². The van der Waals surface area contributed by atoms with E-state index in [4.69, 9.17) is 0 Å². The average molecular weight is 192 g/mol. The van der Waals surface area contributed by atoms with Crippen LogP contribution in [0.3, 0.4) is 0 Å². The average Bonchev–Trinajstić information content (AvgIpc) is 2.18. The third-order valence-corrected chi connectivity index (χ3v) is 2.12. The quantitative estimate of drug-likeness (QED) is 0.797. The zero-order valence-corrected chi connectivity index (χ0v) is 8.75. The van der Waals surface area contributed by atoms with Gasteiger partial charge in [0.05, 0.1) is 5.69 Å². The first-order valence-electron chi connectivity index (χ1n) is 4.91. The van der Waals surface area contributed by atoms with Gasteiger partial charge < -0.3 is 5.11 Å². The van der Waals surface area contributed by atoms with E-state index < -0.39 is 0 Å². The fraction of sp³-hybridized carbons (Fsp3) is 0.455. The van der Waals surface area contributed by atoms with Crippen LogP contribution >= 0.6 is 0 Å². The van der Waals surface area contributed by atoms with Gasteiger partial charge in [-0.3, -0.25) is 0 Å². The van der Waals surface area contributed by atoms with E-state index in [2.05, 4.69) is 23.5 Å². The molecule has 0 radical (unpaired) electrons. The van der Waals surface area contributed by atoms with Crippen molar-refractivity contribution in [1.29, 1.82) is 0 Å². The number of aromatic hydroxyl groups is 1. The van der Waals surface area contributed by atoms with Gasteiger partial charge in [-0.1, -0.05) is 26.8 Å². The summed E-state index contributed by atoms with van der Waals surface area (Å²) < 4.78 is 0. The van der Waals surface area contributed by atoms with E-state index in [9.17, 15) is 5.11 Å². The molecule has 0 aliphatic rings. The Morgan fingerprint density at radius 3 is 2.71 bits per heavy atom. The van der Waals surface area contributed by atoms with E-state index in [0.717, 1.165) is 18.4 Å². The predicted octanol–water partition coefficient (Wildman–Crippen LogP) is 2.56. The second-order valence-corrected chi connectivity index (χ2v) is 3.22. The van der Waals surface area contributed by atoms with Crippen LogP contribution in [-0.4, -0.2) is 15.1 Å². The molecule has 1 aromatic rings. The van der Waals surface area contributed by atoms with E-state index in [1.54, 1.807) is 0 Å². The second kappa shape index (κ2) is 4.74. The molecule has 14 heavy (non-hydrogen) atoms. The first kappa shape index (κ1) is 10.7. The zero-order valence-electron chi connectivity index (χ0n) is 8.75.